The van der Waals surface area contributed by atoms with E-state index in [0.29, 0.717) is 40.0 Å². The number of pyridine rings is 1. The number of hydrogen-bond donors (Lipinski definition) is 1. The van der Waals surface area contributed by atoms with Crippen LogP contribution in [0.15, 0.2) is 65.9 Å². The molecule has 1 unspecified atom stereocenters. The highest BCUT2D eigenvalue weighted by atomic mass is 19.4. The number of aryl methyl sites for hydroxylation is 1. The first-order chi connectivity index (χ1) is 16.7. The molecule has 0 fully saturated rings. The van der Waals surface area contributed by atoms with Gasteiger partial charge in [-0.15, -0.1) is 13.2 Å². The molecule has 0 aliphatic carbocycles. The van der Waals surface area contributed by atoms with Gasteiger partial charge in [-0.25, -0.2) is 9.99 Å². The van der Waals surface area contributed by atoms with E-state index in [2.05, 4.69) is 19.9 Å². The molecule has 4 aromatic rings. The van der Waals surface area contributed by atoms with Crippen molar-refractivity contribution in [3.63, 3.8) is 0 Å². The molecule has 3 heterocycles. The van der Waals surface area contributed by atoms with Gasteiger partial charge >= 0.3 is 6.36 Å². The van der Waals surface area contributed by atoms with E-state index in [1.54, 1.807) is 22.9 Å². The number of hydrogen-bond acceptors (Lipinski definition) is 7. The molecular formula is C24H20F3N5O3. The molecule has 1 aliphatic heterocycles. The molecule has 0 bridgehead atoms. The van der Waals surface area contributed by atoms with Crippen LogP contribution >= 0.6 is 0 Å². The number of fused-ring (bicyclic) bond motifs is 2. The average molecular weight is 483 g/mol. The minimum absolute atomic E-state index is 0.341. The van der Waals surface area contributed by atoms with Crippen molar-refractivity contribution in [1.82, 2.24) is 14.8 Å². The second-order valence-corrected chi connectivity index (χ2v) is 7.80. The SMILES string of the molecule is CCOc1ccc2c(n1)=C(c1ccc(OC(F)(F)F)cc1)C(O)N(c1ccc3nn(C)cc3c1)N=2. The number of benzene rings is 2. The van der Waals surface area contributed by atoms with E-state index in [-0.39, 0.29) is 5.75 Å². The Morgan fingerprint density at radius 2 is 1.83 bits per heavy atom. The quantitative estimate of drug-likeness (QED) is 0.470. The summed E-state index contributed by atoms with van der Waals surface area (Å²) in [6, 6.07) is 14.1. The monoisotopic (exact) mass is 483 g/mol. The van der Waals surface area contributed by atoms with Crippen LogP contribution in [-0.4, -0.2) is 39.1 Å². The van der Waals surface area contributed by atoms with Crippen molar-refractivity contribution >= 4 is 22.2 Å². The van der Waals surface area contributed by atoms with Crippen molar-refractivity contribution in [2.24, 2.45) is 12.1 Å². The third-order valence-electron chi connectivity index (χ3n) is 5.37. The average Bonchev–Trinajstić information content (AvgIpc) is 3.18. The van der Waals surface area contributed by atoms with Crippen LogP contribution in [0.2, 0.25) is 0 Å². The number of alkyl halides is 3. The largest absolute Gasteiger partial charge is 0.573 e. The van der Waals surface area contributed by atoms with Crippen molar-refractivity contribution in [2.75, 3.05) is 11.6 Å². The zero-order chi connectivity index (χ0) is 24.7. The summed E-state index contributed by atoms with van der Waals surface area (Å²) in [6.45, 7) is 2.21. The van der Waals surface area contributed by atoms with Crippen molar-refractivity contribution in [1.29, 1.82) is 0 Å². The van der Waals surface area contributed by atoms with Crippen LogP contribution in [0.1, 0.15) is 12.5 Å². The lowest BCUT2D eigenvalue weighted by molar-refractivity contribution is -0.274. The van der Waals surface area contributed by atoms with E-state index in [0.717, 1.165) is 10.9 Å². The molecule has 180 valence electrons. The second kappa shape index (κ2) is 8.58. The van der Waals surface area contributed by atoms with Gasteiger partial charge in [0.1, 0.15) is 16.5 Å². The maximum Gasteiger partial charge on any atom is 0.573 e. The van der Waals surface area contributed by atoms with Gasteiger partial charge in [0.2, 0.25) is 5.88 Å². The summed E-state index contributed by atoms with van der Waals surface area (Å²) in [5.41, 5.74) is 2.21. The Labute approximate surface area is 197 Å². The molecule has 1 aliphatic rings. The van der Waals surface area contributed by atoms with E-state index in [9.17, 15) is 18.3 Å². The molecule has 1 atom stereocenters. The third kappa shape index (κ3) is 4.50. The molecule has 2 aromatic carbocycles. The Hall–Kier alpha value is -4.12. The van der Waals surface area contributed by atoms with Gasteiger partial charge < -0.3 is 14.6 Å². The number of nitrogens with zero attached hydrogens (tertiary/aromatic N) is 5. The summed E-state index contributed by atoms with van der Waals surface area (Å²) >= 11 is 0. The third-order valence-corrected chi connectivity index (χ3v) is 5.37. The highest BCUT2D eigenvalue weighted by molar-refractivity contribution is 5.83. The number of aliphatic hydroxyl groups excluding tert-OH is 1. The Bertz CT molecular complexity index is 1520. The normalized spacial score (nSPS) is 15.7. The first-order valence-corrected chi connectivity index (χ1v) is 10.7. The molecular weight excluding hydrogens is 463 g/mol. The molecule has 2 aromatic heterocycles. The number of halogens is 3. The molecule has 8 nitrogen and oxygen atoms in total. The molecule has 0 amide bonds. The summed E-state index contributed by atoms with van der Waals surface area (Å²) in [5, 5.41) is 23.5. The van der Waals surface area contributed by atoms with E-state index >= 15 is 0 Å². The Balaban J connectivity index is 1.65. The van der Waals surface area contributed by atoms with Crippen molar-refractivity contribution in [3.05, 3.63) is 77.1 Å². The van der Waals surface area contributed by atoms with Crippen molar-refractivity contribution in [3.8, 4) is 11.6 Å². The maximum atomic E-state index is 12.6. The minimum atomic E-state index is -4.81. The second-order valence-electron chi connectivity index (χ2n) is 7.80. The van der Waals surface area contributed by atoms with Crippen molar-refractivity contribution in [2.45, 2.75) is 19.5 Å². The zero-order valence-electron chi connectivity index (χ0n) is 18.7. The summed E-state index contributed by atoms with van der Waals surface area (Å²) in [7, 11) is 1.82. The topological polar surface area (TPSA) is 85.0 Å². The van der Waals surface area contributed by atoms with Gasteiger partial charge in [-0.3, -0.25) is 4.68 Å². The molecule has 5 rings (SSSR count). The van der Waals surface area contributed by atoms with E-state index in [1.807, 2.05) is 32.3 Å². The first kappa shape index (κ1) is 22.7. The Morgan fingerprint density at radius 1 is 1.06 bits per heavy atom. The van der Waals surface area contributed by atoms with Gasteiger partial charge in [-0.05, 0) is 48.9 Å². The number of anilines is 1. The van der Waals surface area contributed by atoms with Crippen LogP contribution in [0, 0.1) is 0 Å². The van der Waals surface area contributed by atoms with Gasteiger partial charge in [0.15, 0.2) is 6.23 Å². The van der Waals surface area contributed by atoms with Crippen LogP contribution in [0.4, 0.5) is 18.9 Å². The lowest BCUT2D eigenvalue weighted by Crippen LogP contribution is -2.47. The highest BCUT2D eigenvalue weighted by Crippen LogP contribution is 2.30. The molecule has 1 N–H and O–H groups in total. The number of rotatable bonds is 5. The Kier molecular flexibility index (Phi) is 5.56. The van der Waals surface area contributed by atoms with Crippen LogP contribution < -0.4 is 25.2 Å². The molecule has 11 heteroatoms. The number of aliphatic hydroxyl groups is 1. The van der Waals surface area contributed by atoms with Gasteiger partial charge in [0.25, 0.3) is 0 Å². The predicted molar refractivity (Wildman–Crippen MR) is 121 cm³/mol. The van der Waals surface area contributed by atoms with E-state index in [4.69, 9.17) is 4.74 Å². The highest BCUT2D eigenvalue weighted by Gasteiger charge is 2.32. The molecule has 0 saturated carbocycles. The van der Waals surface area contributed by atoms with Crippen LogP contribution in [0.25, 0.3) is 16.5 Å². The fourth-order valence-corrected chi connectivity index (χ4v) is 3.96. The fraction of sp³-hybridized carbons (Fsp3) is 0.208. The van der Waals surface area contributed by atoms with Gasteiger partial charge in [-0.1, -0.05) is 12.1 Å². The predicted octanol–water partition coefficient (Wildman–Crippen LogP) is 2.84. The number of aromatic nitrogens is 3. The fourth-order valence-electron chi connectivity index (χ4n) is 3.96. The molecule has 0 saturated heterocycles. The lowest BCUT2D eigenvalue weighted by atomic mass is 10.0. The van der Waals surface area contributed by atoms with Crippen LogP contribution in [0.3, 0.4) is 0 Å². The number of ether oxygens (including phenoxy) is 2. The smallest absolute Gasteiger partial charge is 0.478 e. The van der Waals surface area contributed by atoms with Gasteiger partial charge in [0.05, 0.1) is 17.8 Å². The van der Waals surface area contributed by atoms with E-state index < -0.39 is 12.6 Å². The molecule has 0 radical (unpaired) electrons. The molecule has 0 spiro atoms. The molecule has 35 heavy (non-hydrogen) atoms. The van der Waals surface area contributed by atoms with E-state index in [1.165, 1.54) is 29.3 Å². The first-order valence-electron chi connectivity index (χ1n) is 10.7. The minimum Gasteiger partial charge on any atom is -0.478 e. The maximum absolute atomic E-state index is 12.6. The van der Waals surface area contributed by atoms with Crippen LogP contribution in [-0.2, 0) is 7.05 Å². The van der Waals surface area contributed by atoms with Gasteiger partial charge in [0, 0.05) is 30.3 Å². The summed E-state index contributed by atoms with van der Waals surface area (Å²) in [4.78, 5) is 4.51. The summed E-state index contributed by atoms with van der Waals surface area (Å²) in [6.07, 6.45) is -4.24. The lowest BCUT2D eigenvalue weighted by Gasteiger charge is -2.30. The summed E-state index contributed by atoms with van der Waals surface area (Å²) in [5.74, 6) is -0.0274. The van der Waals surface area contributed by atoms with Crippen molar-refractivity contribution < 1.29 is 27.8 Å². The zero-order valence-corrected chi connectivity index (χ0v) is 18.7. The van der Waals surface area contributed by atoms with Gasteiger partial charge in [-0.2, -0.15) is 10.2 Å². The Morgan fingerprint density at radius 3 is 2.54 bits per heavy atom. The van der Waals surface area contributed by atoms with Crippen LogP contribution in [0.5, 0.6) is 11.6 Å². The summed E-state index contributed by atoms with van der Waals surface area (Å²) < 4.78 is 49.0. The standard InChI is InChI=1S/C24H20F3N5O3/c1-3-34-20-11-10-19-22(28-20)21(14-4-7-17(8-5-14)35-24(25,26)27)23(33)32(30-19)16-6-9-18-15(12-16)13-31(2)29-18/h4-13,23,33H,3H2,1-2H3.